The number of aliphatic hydroxyl groups excluding tert-OH is 1. The lowest BCUT2D eigenvalue weighted by Crippen LogP contribution is -2.27. The van der Waals surface area contributed by atoms with Gasteiger partial charge in [-0.1, -0.05) is 55.8 Å². The van der Waals surface area contributed by atoms with Crippen LogP contribution in [-0.2, 0) is 5.41 Å². The molecule has 1 N–H and O–H groups in total. The number of rotatable bonds is 3. The van der Waals surface area contributed by atoms with Gasteiger partial charge >= 0.3 is 0 Å². The normalized spacial score (nSPS) is 13.3. The molecule has 0 spiro atoms. The molecule has 0 amide bonds. The van der Waals surface area contributed by atoms with Crippen molar-refractivity contribution < 1.29 is 9.50 Å². The molecule has 0 heterocycles. The van der Waals surface area contributed by atoms with Crippen LogP contribution in [0.2, 0.25) is 5.02 Å². The standard InChI is InChI=1S/C16H16ClFO/c1-16(2,11-7-9-12(18)10-8-11)15(19)13-5-3-4-6-14(13)17/h3-10,15,19H,1-2H3. The molecule has 2 aromatic carbocycles. The van der Waals surface area contributed by atoms with Crippen molar-refractivity contribution in [2.24, 2.45) is 0 Å². The van der Waals surface area contributed by atoms with Gasteiger partial charge in [-0.3, -0.25) is 0 Å². The first-order chi connectivity index (χ1) is 8.93. The van der Waals surface area contributed by atoms with Crippen LogP contribution in [0.4, 0.5) is 4.39 Å². The predicted molar refractivity (Wildman–Crippen MR) is 75.8 cm³/mol. The minimum Gasteiger partial charge on any atom is -0.387 e. The molecule has 0 aliphatic heterocycles. The van der Waals surface area contributed by atoms with Crippen LogP contribution < -0.4 is 0 Å². The van der Waals surface area contributed by atoms with E-state index in [0.717, 1.165) is 5.56 Å². The zero-order chi connectivity index (χ0) is 14.0. The lowest BCUT2D eigenvalue weighted by molar-refractivity contribution is 0.100. The molecule has 0 bridgehead atoms. The summed E-state index contributed by atoms with van der Waals surface area (Å²) in [6, 6.07) is 13.4. The lowest BCUT2D eigenvalue weighted by atomic mass is 9.77. The summed E-state index contributed by atoms with van der Waals surface area (Å²) in [5.41, 5.74) is 0.985. The summed E-state index contributed by atoms with van der Waals surface area (Å²) in [5, 5.41) is 11.1. The summed E-state index contributed by atoms with van der Waals surface area (Å²) >= 11 is 6.12. The molecule has 2 aromatic rings. The zero-order valence-corrected chi connectivity index (χ0v) is 11.7. The van der Waals surface area contributed by atoms with Gasteiger partial charge in [0.25, 0.3) is 0 Å². The monoisotopic (exact) mass is 278 g/mol. The van der Waals surface area contributed by atoms with Gasteiger partial charge < -0.3 is 5.11 Å². The maximum atomic E-state index is 13.0. The van der Waals surface area contributed by atoms with Gasteiger partial charge in [0.15, 0.2) is 0 Å². The minimum absolute atomic E-state index is 0.285. The average molecular weight is 279 g/mol. The highest BCUT2D eigenvalue weighted by molar-refractivity contribution is 6.31. The Hall–Kier alpha value is -1.38. The highest BCUT2D eigenvalue weighted by atomic mass is 35.5. The van der Waals surface area contributed by atoms with Crippen molar-refractivity contribution in [3.63, 3.8) is 0 Å². The van der Waals surface area contributed by atoms with Crippen molar-refractivity contribution in [2.45, 2.75) is 25.4 Å². The molecule has 2 rings (SSSR count). The number of aliphatic hydroxyl groups is 1. The Bertz CT molecular complexity index is 563. The molecule has 1 unspecified atom stereocenters. The number of hydrogen-bond acceptors (Lipinski definition) is 1. The van der Waals surface area contributed by atoms with Crippen LogP contribution >= 0.6 is 11.6 Å². The fraction of sp³-hybridized carbons (Fsp3) is 0.250. The largest absolute Gasteiger partial charge is 0.387 e. The van der Waals surface area contributed by atoms with E-state index < -0.39 is 11.5 Å². The van der Waals surface area contributed by atoms with Gasteiger partial charge in [0.05, 0.1) is 6.10 Å². The Labute approximate surface area is 117 Å². The van der Waals surface area contributed by atoms with Gasteiger partial charge in [0.2, 0.25) is 0 Å². The Balaban J connectivity index is 2.39. The third-order valence-electron chi connectivity index (χ3n) is 3.47. The molecule has 1 atom stereocenters. The number of hydrogen-bond donors (Lipinski definition) is 1. The Morgan fingerprint density at radius 2 is 1.63 bits per heavy atom. The molecule has 0 aliphatic rings. The first-order valence-corrected chi connectivity index (χ1v) is 6.49. The Morgan fingerprint density at radius 1 is 1.05 bits per heavy atom. The van der Waals surface area contributed by atoms with Crippen LogP contribution in [0, 0.1) is 5.82 Å². The van der Waals surface area contributed by atoms with Crippen molar-refractivity contribution in [2.75, 3.05) is 0 Å². The molecule has 19 heavy (non-hydrogen) atoms. The maximum absolute atomic E-state index is 13.0. The average Bonchev–Trinajstić information content (AvgIpc) is 2.39. The van der Waals surface area contributed by atoms with Crippen LogP contribution in [-0.4, -0.2) is 5.11 Å². The van der Waals surface area contributed by atoms with Crippen molar-refractivity contribution in [1.29, 1.82) is 0 Å². The second-order valence-corrected chi connectivity index (χ2v) is 5.56. The minimum atomic E-state index is -0.758. The van der Waals surface area contributed by atoms with E-state index in [1.54, 1.807) is 24.3 Å². The highest BCUT2D eigenvalue weighted by Gasteiger charge is 2.32. The van der Waals surface area contributed by atoms with Gasteiger partial charge in [0, 0.05) is 10.4 Å². The first kappa shape index (κ1) is 14.0. The molecular formula is C16H16ClFO. The van der Waals surface area contributed by atoms with Crippen molar-refractivity contribution >= 4 is 11.6 Å². The maximum Gasteiger partial charge on any atom is 0.123 e. The summed E-state index contributed by atoms with van der Waals surface area (Å²) in [5.74, 6) is -0.285. The van der Waals surface area contributed by atoms with Crippen LogP contribution in [0.25, 0.3) is 0 Å². The fourth-order valence-corrected chi connectivity index (χ4v) is 2.36. The highest BCUT2D eigenvalue weighted by Crippen LogP contribution is 2.39. The smallest absolute Gasteiger partial charge is 0.123 e. The second kappa shape index (κ2) is 5.32. The van der Waals surface area contributed by atoms with Crippen LogP contribution in [0.15, 0.2) is 48.5 Å². The third-order valence-corrected chi connectivity index (χ3v) is 3.82. The summed E-state index contributed by atoms with van der Waals surface area (Å²) in [7, 11) is 0. The zero-order valence-electron chi connectivity index (χ0n) is 10.9. The van der Waals surface area contributed by atoms with Gasteiger partial charge in [0.1, 0.15) is 5.82 Å². The molecule has 0 aromatic heterocycles. The lowest BCUT2D eigenvalue weighted by Gasteiger charge is -2.32. The van der Waals surface area contributed by atoms with Gasteiger partial charge in [-0.15, -0.1) is 0 Å². The molecule has 0 aliphatic carbocycles. The summed E-state index contributed by atoms with van der Waals surface area (Å²) in [4.78, 5) is 0. The van der Waals surface area contributed by atoms with Gasteiger partial charge in [-0.05, 0) is 29.3 Å². The topological polar surface area (TPSA) is 20.2 Å². The SMILES string of the molecule is CC(C)(c1ccc(F)cc1)C(O)c1ccccc1Cl. The molecule has 3 heteroatoms. The van der Waals surface area contributed by atoms with Gasteiger partial charge in [-0.2, -0.15) is 0 Å². The van der Waals surface area contributed by atoms with E-state index in [-0.39, 0.29) is 5.82 Å². The third kappa shape index (κ3) is 2.80. The second-order valence-electron chi connectivity index (χ2n) is 5.15. The quantitative estimate of drug-likeness (QED) is 0.877. The summed E-state index contributed by atoms with van der Waals surface area (Å²) in [6.45, 7) is 3.82. The van der Waals surface area contributed by atoms with E-state index in [9.17, 15) is 9.50 Å². The predicted octanol–water partition coefficient (Wildman–Crippen LogP) is 4.49. The molecule has 0 radical (unpaired) electrons. The molecule has 0 fully saturated rings. The Kier molecular flexibility index (Phi) is 3.93. The fourth-order valence-electron chi connectivity index (χ4n) is 2.12. The van der Waals surface area contributed by atoms with E-state index in [4.69, 9.17) is 11.6 Å². The summed E-state index contributed by atoms with van der Waals surface area (Å²) < 4.78 is 13.0. The number of halogens is 2. The van der Waals surface area contributed by atoms with E-state index >= 15 is 0 Å². The van der Waals surface area contributed by atoms with Crippen LogP contribution in [0.1, 0.15) is 31.1 Å². The molecule has 1 nitrogen and oxygen atoms in total. The van der Waals surface area contributed by atoms with Crippen LogP contribution in [0.5, 0.6) is 0 Å². The van der Waals surface area contributed by atoms with E-state index in [1.165, 1.54) is 12.1 Å². The molecule has 100 valence electrons. The molecule has 0 saturated carbocycles. The van der Waals surface area contributed by atoms with E-state index in [1.807, 2.05) is 26.0 Å². The summed E-state index contributed by atoms with van der Waals surface area (Å²) in [6.07, 6.45) is -0.758. The first-order valence-electron chi connectivity index (χ1n) is 6.11. The van der Waals surface area contributed by atoms with Crippen molar-refractivity contribution in [1.82, 2.24) is 0 Å². The molecular weight excluding hydrogens is 263 g/mol. The van der Waals surface area contributed by atoms with Crippen molar-refractivity contribution in [3.05, 3.63) is 70.5 Å². The molecule has 0 saturated heterocycles. The number of benzene rings is 2. The van der Waals surface area contributed by atoms with Crippen molar-refractivity contribution in [3.8, 4) is 0 Å². The van der Waals surface area contributed by atoms with E-state index in [0.29, 0.717) is 10.6 Å². The van der Waals surface area contributed by atoms with Gasteiger partial charge in [-0.25, -0.2) is 4.39 Å². The van der Waals surface area contributed by atoms with Crippen LogP contribution in [0.3, 0.4) is 0 Å². The Morgan fingerprint density at radius 3 is 2.21 bits per heavy atom. The van der Waals surface area contributed by atoms with E-state index in [2.05, 4.69) is 0 Å².